The van der Waals surface area contributed by atoms with Gasteiger partial charge in [0.15, 0.2) is 0 Å². The number of hydrogen-bond acceptors (Lipinski definition) is 3. The molecule has 0 aromatic heterocycles. The molecule has 4 heteroatoms. The average molecular weight is 222 g/mol. The summed E-state index contributed by atoms with van der Waals surface area (Å²) in [5, 5.41) is 2.85. The van der Waals surface area contributed by atoms with Crippen molar-refractivity contribution in [3.05, 3.63) is 35.9 Å². The summed E-state index contributed by atoms with van der Waals surface area (Å²) in [5.74, 6) is -0.179. The quantitative estimate of drug-likeness (QED) is 0.776. The van der Waals surface area contributed by atoms with Crippen LogP contribution in [0.4, 0.5) is 0 Å². The zero-order chi connectivity index (χ0) is 12.0. The van der Waals surface area contributed by atoms with Crippen LogP contribution in [0.5, 0.6) is 0 Å². The lowest BCUT2D eigenvalue weighted by atomic mass is 10.1. The van der Waals surface area contributed by atoms with Crippen molar-refractivity contribution >= 4 is 5.91 Å². The standard InChI is InChI=1S/C12H18N2O2/c1-9(10-6-4-3-5-7-10)14-12(15)11(8-13)16-2/h3-7,9,11H,8,13H2,1-2H3,(H,14,15)/t9-,11?/m0/s1. The van der Waals surface area contributed by atoms with E-state index in [4.69, 9.17) is 10.5 Å². The Bertz CT molecular complexity index is 323. The van der Waals surface area contributed by atoms with Crippen LogP contribution in [0.25, 0.3) is 0 Å². The van der Waals surface area contributed by atoms with E-state index in [1.807, 2.05) is 37.3 Å². The van der Waals surface area contributed by atoms with E-state index in [1.165, 1.54) is 7.11 Å². The van der Waals surface area contributed by atoms with Crippen molar-refractivity contribution in [1.29, 1.82) is 0 Å². The van der Waals surface area contributed by atoms with Crippen LogP contribution in [-0.4, -0.2) is 25.7 Å². The maximum Gasteiger partial charge on any atom is 0.250 e. The summed E-state index contributed by atoms with van der Waals surface area (Å²) in [6.07, 6.45) is -0.578. The van der Waals surface area contributed by atoms with E-state index in [-0.39, 0.29) is 18.5 Å². The first-order valence-electron chi connectivity index (χ1n) is 5.27. The Morgan fingerprint density at radius 2 is 2.06 bits per heavy atom. The Morgan fingerprint density at radius 3 is 2.56 bits per heavy atom. The first-order chi connectivity index (χ1) is 7.69. The highest BCUT2D eigenvalue weighted by Crippen LogP contribution is 2.11. The summed E-state index contributed by atoms with van der Waals surface area (Å²) in [4.78, 5) is 11.7. The fraction of sp³-hybridized carbons (Fsp3) is 0.417. The molecule has 1 aromatic carbocycles. The zero-order valence-electron chi connectivity index (χ0n) is 9.64. The normalized spacial score (nSPS) is 14.2. The second-order valence-electron chi connectivity index (χ2n) is 3.60. The fourth-order valence-corrected chi connectivity index (χ4v) is 1.44. The molecule has 0 aliphatic carbocycles. The van der Waals surface area contributed by atoms with Gasteiger partial charge in [0, 0.05) is 13.7 Å². The molecule has 0 radical (unpaired) electrons. The van der Waals surface area contributed by atoms with E-state index in [2.05, 4.69) is 5.32 Å². The van der Waals surface area contributed by atoms with Gasteiger partial charge in [-0.15, -0.1) is 0 Å². The molecule has 0 bridgehead atoms. The van der Waals surface area contributed by atoms with Gasteiger partial charge in [0.05, 0.1) is 6.04 Å². The van der Waals surface area contributed by atoms with E-state index < -0.39 is 6.10 Å². The lowest BCUT2D eigenvalue weighted by Gasteiger charge is -2.18. The minimum absolute atomic E-state index is 0.0436. The number of benzene rings is 1. The van der Waals surface area contributed by atoms with E-state index in [9.17, 15) is 4.79 Å². The molecule has 0 saturated heterocycles. The van der Waals surface area contributed by atoms with Crippen LogP contribution in [0.1, 0.15) is 18.5 Å². The van der Waals surface area contributed by atoms with Crippen LogP contribution in [0.2, 0.25) is 0 Å². The summed E-state index contributed by atoms with van der Waals surface area (Å²) in [7, 11) is 1.48. The largest absolute Gasteiger partial charge is 0.370 e. The average Bonchev–Trinajstić information content (AvgIpc) is 2.31. The monoisotopic (exact) mass is 222 g/mol. The summed E-state index contributed by atoms with van der Waals surface area (Å²) < 4.78 is 4.96. The van der Waals surface area contributed by atoms with Crippen molar-refractivity contribution < 1.29 is 9.53 Å². The smallest absolute Gasteiger partial charge is 0.250 e. The van der Waals surface area contributed by atoms with Gasteiger partial charge in [-0.05, 0) is 12.5 Å². The molecule has 16 heavy (non-hydrogen) atoms. The van der Waals surface area contributed by atoms with Gasteiger partial charge in [-0.1, -0.05) is 30.3 Å². The number of amides is 1. The van der Waals surface area contributed by atoms with E-state index in [1.54, 1.807) is 0 Å². The van der Waals surface area contributed by atoms with Gasteiger partial charge in [-0.3, -0.25) is 4.79 Å². The van der Waals surface area contributed by atoms with Gasteiger partial charge in [-0.25, -0.2) is 0 Å². The van der Waals surface area contributed by atoms with Crippen molar-refractivity contribution in [2.75, 3.05) is 13.7 Å². The molecule has 0 aliphatic rings. The molecule has 0 heterocycles. The minimum Gasteiger partial charge on any atom is -0.370 e. The molecule has 0 aliphatic heterocycles. The van der Waals surface area contributed by atoms with Gasteiger partial charge in [-0.2, -0.15) is 0 Å². The number of nitrogens with two attached hydrogens (primary N) is 1. The summed E-state index contributed by atoms with van der Waals surface area (Å²) >= 11 is 0. The third kappa shape index (κ3) is 3.32. The number of carbonyl (C=O) groups excluding carboxylic acids is 1. The predicted octanol–water partition coefficient (Wildman–Crippen LogP) is 0.838. The Kier molecular flexibility index (Phi) is 4.95. The highest BCUT2D eigenvalue weighted by Gasteiger charge is 2.17. The first kappa shape index (κ1) is 12.7. The molecule has 88 valence electrons. The van der Waals surface area contributed by atoms with Crippen molar-refractivity contribution in [3.63, 3.8) is 0 Å². The van der Waals surface area contributed by atoms with Gasteiger partial charge in [0.25, 0.3) is 5.91 Å². The Balaban J connectivity index is 2.58. The van der Waals surface area contributed by atoms with E-state index in [0.717, 1.165) is 5.56 Å². The maximum absolute atomic E-state index is 11.7. The third-order valence-corrected chi connectivity index (χ3v) is 2.45. The fourth-order valence-electron chi connectivity index (χ4n) is 1.44. The molecule has 1 unspecified atom stereocenters. The number of hydrogen-bond donors (Lipinski definition) is 2. The van der Waals surface area contributed by atoms with E-state index >= 15 is 0 Å². The van der Waals surface area contributed by atoms with Crippen molar-refractivity contribution in [3.8, 4) is 0 Å². The molecule has 1 aromatic rings. The van der Waals surface area contributed by atoms with Gasteiger partial charge < -0.3 is 15.8 Å². The SMILES string of the molecule is COC(CN)C(=O)N[C@@H](C)c1ccccc1. The second-order valence-corrected chi connectivity index (χ2v) is 3.60. The summed E-state index contributed by atoms with van der Waals surface area (Å²) in [6.45, 7) is 2.11. The Morgan fingerprint density at radius 1 is 1.44 bits per heavy atom. The number of nitrogens with one attached hydrogen (secondary N) is 1. The van der Waals surface area contributed by atoms with Crippen LogP contribution >= 0.6 is 0 Å². The number of ether oxygens (including phenoxy) is 1. The topological polar surface area (TPSA) is 64.3 Å². The molecule has 1 amide bonds. The maximum atomic E-state index is 11.7. The molecule has 1 rings (SSSR count). The second kappa shape index (κ2) is 6.25. The molecule has 0 saturated carbocycles. The molecule has 0 fully saturated rings. The summed E-state index contributed by atoms with van der Waals surface area (Å²) in [5.41, 5.74) is 6.47. The Labute approximate surface area is 95.8 Å². The predicted molar refractivity (Wildman–Crippen MR) is 62.9 cm³/mol. The first-order valence-corrected chi connectivity index (χ1v) is 5.27. The minimum atomic E-state index is -0.578. The molecular formula is C12H18N2O2. The molecule has 0 spiro atoms. The van der Waals surface area contributed by atoms with Crippen LogP contribution in [0.3, 0.4) is 0 Å². The number of methoxy groups -OCH3 is 1. The summed E-state index contributed by atoms with van der Waals surface area (Å²) in [6, 6.07) is 9.71. The van der Waals surface area contributed by atoms with Crippen LogP contribution in [0, 0.1) is 0 Å². The lowest BCUT2D eigenvalue weighted by molar-refractivity contribution is -0.131. The number of rotatable bonds is 5. The van der Waals surface area contributed by atoms with Crippen LogP contribution < -0.4 is 11.1 Å². The third-order valence-electron chi connectivity index (χ3n) is 2.45. The Hall–Kier alpha value is -1.39. The van der Waals surface area contributed by atoms with Crippen LogP contribution in [0.15, 0.2) is 30.3 Å². The zero-order valence-corrected chi connectivity index (χ0v) is 9.64. The highest BCUT2D eigenvalue weighted by molar-refractivity contribution is 5.81. The number of carbonyl (C=O) groups is 1. The highest BCUT2D eigenvalue weighted by atomic mass is 16.5. The van der Waals surface area contributed by atoms with Gasteiger partial charge >= 0.3 is 0 Å². The molecule has 4 nitrogen and oxygen atoms in total. The van der Waals surface area contributed by atoms with Crippen molar-refractivity contribution in [2.45, 2.75) is 19.1 Å². The van der Waals surface area contributed by atoms with Gasteiger partial charge in [0.1, 0.15) is 6.10 Å². The molecule has 2 atom stereocenters. The van der Waals surface area contributed by atoms with E-state index in [0.29, 0.717) is 0 Å². The lowest BCUT2D eigenvalue weighted by Crippen LogP contribution is -2.41. The van der Waals surface area contributed by atoms with Crippen molar-refractivity contribution in [1.82, 2.24) is 5.32 Å². The molecular weight excluding hydrogens is 204 g/mol. The molecule has 3 N–H and O–H groups in total. The van der Waals surface area contributed by atoms with Crippen LogP contribution in [-0.2, 0) is 9.53 Å². The van der Waals surface area contributed by atoms with Crippen molar-refractivity contribution in [2.24, 2.45) is 5.73 Å². The van der Waals surface area contributed by atoms with Gasteiger partial charge in [0.2, 0.25) is 0 Å².